The van der Waals surface area contributed by atoms with Crippen LogP contribution in [0.5, 0.6) is 0 Å². The monoisotopic (exact) mass is 370 g/mol. The lowest BCUT2D eigenvalue weighted by Crippen LogP contribution is -2.31. The summed E-state index contributed by atoms with van der Waals surface area (Å²) in [6.45, 7) is 2.13. The number of aliphatic hydroxyl groups is 1. The first-order valence-electron chi connectivity index (χ1n) is 9.00. The van der Waals surface area contributed by atoms with Crippen molar-refractivity contribution in [3.8, 4) is 11.3 Å². The smallest absolute Gasteiger partial charge is 0.159 e. The van der Waals surface area contributed by atoms with Crippen molar-refractivity contribution in [3.63, 3.8) is 0 Å². The Bertz CT molecular complexity index is 927. The van der Waals surface area contributed by atoms with Gasteiger partial charge in [-0.25, -0.2) is 8.78 Å². The molecule has 2 heterocycles. The molecule has 0 amide bonds. The second kappa shape index (κ2) is 7.58. The van der Waals surface area contributed by atoms with Crippen LogP contribution in [0.2, 0.25) is 0 Å². The lowest BCUT2D eigenvalue weighted by Gasteiger charge is -2.27. The van der Waals surface area contributed by atoms with Crippen LogP contribution in [-0.4, -0.2) is 28.3 Å². The van der Waals surface area contributed by atoms with Gasteiger partial charge in [-0.05, 0) is 30.2 Å². The summed E-state index contributed by atoms with van der Waals surface area (Å²) >= 11 is 0. The Morgan fingerprint density at radius 1 is 1.11 bits per heavy atom. The highest BCUT2D eigenvalue weighted by Gasteiger charge is 2.25. The fraction of sp³-hybridized carbons (Fsp3) is 0.286. The third kappa shape index (κ3) is 3.77. The molecule has 0 fully saturated rings. The molecule has 0 unspecified atom stereocenters. The highest BCUT2D eigenvalue weighted by atomic mass is 19.2. The van der Waals surface area contributed by atoms with E-state index in [-0.39, 0.29) is 0 Å². The molecule has 1 aliphatic heterocycles. The van der Waals surface area contributed by atoms with E-state index in [1.807, 2.05) is 30.3 Å². The van der Waals surface area contributed by atoms with Crippen LogP contribution in [0.3, 0.4) is 0 Å². The summed E-state index contributed by atoms with van der Waals surface area (Å²) in [5.41, 5.74) is 2.87. The summed E-state index contributed by atoms with van der Waals surface area (Å²) < 4.78 is 32.2. The molecule has 1 N–H and O–H groups in total. The molecule has 0 radical (unpaired) electrons. The zero-order valence-corrected chi connectivity index (χ0v) is 14.7. The maximum atomic E-state index is 13.6. The largest absolute Gasteiger partial charge is 0.388 e. The molecule has 0 saturated carbocycles. The molecule has 4 rings (SSSR count). The van der Waals surface area contributed by atoms with Crippen molar-refractivity contribution in [2.24, 2.45) is 0 Å². The first kappa shape index (κ1) is 17.8. The molecule has 0 saturated heterocycles. The van der Waals surface area contributed by atoms with Crippen LogP contribution in [0.25, 0.3) is 11.3 Å². The normalized spacial score (nSPS) is 15.5. The molecule has 6 heteroatoms. The van der Waals surface area contributed by atoms with Crippen molar-refractivity contribution in [1.29, 1.82) is 0 Å². The van der Waals surface area contributed by atoms with Gasteiger partial charge in [-0.2, -0.15) is 0 Å². The highest BCUT2D eigenvalue weighted by molar-refractivity contribution is 5.63. The molecule has 140 valence electrons. The van der Waals surface area contributed by atoms with Crippen molar-refractivity contribution in [2.45, 2.75) is 25.5 Å². The van der Waals surface area contributed by atoms with Gasteiger partial charge >= 0.3 is 0 Å². The number of aliphatic hydroxyl groups excluding tert-OH is 1. The number of aromatic nitrogens is 1. The lowest BCUT2D eigenvalue weighted by molar-refractivity contribution is 0.135. The van der Waals surface area contributed by atoms with Crippen LogP contribution in [0.15, 0.2) is 53.1 Å². The molecule has 1 atom stereocenters. The van der Waals surface area contributed by atoms with Gasteiger partial charge < -0.3 is 9.63 Å². The fourth-order valence-corrected chi connectivity index (χ4v) is 3.47. The minimum atomic E-state index is -0.900. The van der Waals surface area contributed by atoms with Crippen molar-refractivity contribution in [3.05, 3.63) is 77.1 Å². The van der Waals surface area contributed by atoms with E-state index in [4.69, 9.17) is 4.52 Å². The molecule has 3 aromatic rings. The van der Waals surface area contributed by atoms with Gasteiger partial charge in [-0.1, -0.05) is 35.5 Å². The molecule has 0 spiro atoms. The highest BCUT2D eigenvalue weighted by Crippen LogP contribution is 2.31. The average Bonchev–Trinajstić information content (AvgIpc) is 3.12. The van der Waals surface area contributed by atoms with Gasteiger partial charge in [-0.3, -0.25) is 4.90 Å². The summed E-state index contributed by atoms with van der Waals surface area (Å²) in [6.07, 6.45) is 0.805. The number of nitrogens with zero attached hydrogens (tertiary/aromatic N) is 2. The van der Waals surface area contributed by atoms with Crippen LogP contribution in [-0.2, 0) is 13.0 Å². The number of hydrogen-bond acceptors (Lipinski definition) is 4. The maximum Gasteiger partial charge on any atom is 0.159 e. The van der Waals surface area contributed by atoms with E-state index in [0.29, 0.717) is 30.6 Å². The molecule has 27 heavy (non-hydrogen) atoms. The minimum Gasteiger partial charge on any atom is -0.388 e. The molecular weight excluding hydrogens is 350 g/mol. The van der Waals surface area contributed by atoms with E-state index in [2.05, 4.69) is 10.1 Å². The van der Waals surface area contributed by atoms with Crippen molar-refractivity contribution < 1.29 is 18.4 Å². The van der Waals surface area contributed by atoms with Crippen LogP contribution in [0, 0.1) is 11.6 Å². The summed E-state index contributed by atoms with van der Waals surface area (Å²) in [7, 11) is 0. The Hall–Kier alpha value is -2.57. The first-order chi connectivity index (χ1) is 13.1. The van der Waals surface area contributed by atoms with E-state index in [0.717, 1.165) is 42.1 Å². The topological polar surface area (TPSA) is 49.5 Å². The van der Waals surface area contributed by atoms with Crippen LogP contribution in [0.4, 0.5) is 8.78 Å². The Kier molecular flexibility index (Phi) is 5.01. The van der Waals surface area contributed by atoms with Crippen molar-refractivity contribution in [2.75, 3.05) is 13.1 Å². The van der Waals surface area contributed by atoms with Crippen LogP contribution < -0.4 is 0 Å². The van der Waals surface area contributed by atoms with Gasteiger partial charge in [0.05, 0.1) is 6.10 Å². The molecular formula is C21H20F2N2O2. The number of halogens is 2. The lowest BCUT2D eigenvalue weighted by atomic mass is 10.0. The number of hydrogen-bond donors (Lipinski definition) is 1. The summed E-state index contributed by atoms with van der Waals surface area (Å²) in [4.78, 5) is 2.22. The SMILES string of the molecule is O[C@@H](CCN1CCc2onc(-c3ccc(F)c(F)c3)c2C1)c1ccccc1. The second-order valence-electron chi connectivity index (χ2n) is 6.80. The molecule has 1 aromatic heterocycles. The van der Waals surface area contributed by atoms with E-state index in [1.54, 1.807) is 0 Å². The molecule has 0 aliphatic carbocycles. The summed E-state index contributed by atoms with van der Waals surface area (Å²) in [5.74, 6) is -0.995. The quantitative estimate of drug-likeness (QED) is 0.735. The fourth-order valence-electron chi connectivity index (χ4n) is 3.47. The van der Waals surface area contributed by atoms with Gasteiger partial charge in [0.1, 0.15) is 11.5 Å². The van der Waals surface area contributed by atoms with Gasteiger partial charge in [0, 0.05) is 37.2 Å². The number of rotatable bonds is 5. The van der Waals surface area contributed by atoms with E-state index < -0.39 is 17.7 Å². The van der Waals surface area contributed by atoms with E-state index in [1.165, 1.54) is 6.07 Å². The zero-order valence-electron chi connectivity index (χ0n) is 14.7. The zero-order chi connectivity index (χ0) is 18.8. The number of fused-ring (bicyclic) bond motifs is 1. The van der Waals surface area contributed by atoms with Gasteiger partial charge in [-0.15, -0.1) is 0 Å². The summed E-state index contributed by atoms with van der Waals surface area (Å²) in [5, 5.41) is 14.4. The van der Waals surface area contributed by atoms with E-state index in [9.17, 15) is 13.9 Å². The van der Waals surface area contributed by atoms with Gasteiger partial charge in [0.25, 0.3) is 0 Å². The molecule has 0 bridgehead atoms. The molecule has 4 nitrogen and oxygen atoms in total. The third-order valence-electron chi connectivity index (χ3n) is 5.00. The Morgan fingerprint density at radius 2 is 1.93 bits per heavy atom. The third-order valence-corrected chi connectivity index (χ3v) is 5.00. The van der Waals surface area contributed by atoms with E-state index >= 15 is 0 Å². The van der Waals surface area contributed by atoms with Crippen LogP contribution >= 0.6 is 0 Å². The Morgan fingerprint density at radius 3 is 2.70 bits per heavy atom. The predicted molar refractivity (Wildman–Crippen MR) is 96.9 cm³/mol. The number of benzene rings is 2. The van der Waals surface area contributed by atoms with Crippen molar-refractivity contribution in [1.82, 2.24) is 10.1 Å². The minimum absolute atomic E-state index is 0.505. The second-order valence-corrected chi connectivity index (χ2v) is 6.80. The predicted octanol–water partition coefficient (Wildman–Crippen LogP) is 4.10. The molecule has 2 aromatic carbocycles. The average molecular weight is 370 g/mol. The van der Waals surface area contributed by atoms with Gasteiger partial charge in [0.2, 0.25) is 0 Å². The first-order valence-corrected chi connectivity index (χ1v) is 9.00. The molecule has 1 aliphatic rings. The standard InChI is InChI=1S/C21H20F2N2O2/c22-17-7-6-15(12-18(17)23)21-16-13-25(11-9-20(16)27-24-21)10-8-19(26)14-4-2-1-3-5-14/h1-7,12,19,26H,8-11,13H2/t19-/m0/s1. The Labute approximate surface area is 156 Å². The van der Waals surface area contributed by atoms with Crippen molar-refractivity contribution >= 4 is 0 Å². The van der Waals surface area contributed by atoms with Gasteiger partial charge in [0.15, 0.2) is 11.6 Å². The van der Waals surface area contributed by atoms with Crippen LogP contribution in [0.1, 0.15) is 29.4 Å². The Balaban J connectivity index is 1.46. The summed E-state index contributed by atoms with van der Waals surface area (Å²) in [6, 6.07) is 13.3. The maximum absolute atomic E-state index is 13.6.